The minimum Gasteiger partial charge on any atom is -0.476 e. The number of benzene rings is 1. The van der Waals surface area contributed by atoms with Crippen LogP contribution in [0, 0.1) is 18.7 Å². The maximum Gasteiger partial charge on any atom is 0.391 e. The number of rotatable bonds is 6. The highest BCUT2D eigenvalue weighted by Gasteiger charge is 2.41. The van der Waals surface area contributed by atoms with Gasteiger partial charge in [-0.1, -0.05) is 37.3 Å². The molecule has 3 heterocycles. The normalized spacial score (nSPS) is 15.3. The van der Waals surface area contributed by atoms with Gasteiger partial charge in [0, 0.05) is 23.9 Å². The maximum atomic E-state index is 13.9. The fraction of sp³-hybridized carbons (Fsp3) is 0.435. The number of aromatic nitrogens is 3. The quantitative estimate of drug-likeness (QED) is 0.294. The van der Waals surface area contributed by atoms with Crippen molar-refractivity contribution in [2.75, 3.05) is 18.0 Å². The Kier molecular flexibility index (Phi) is 7.14. The molecule has 0 atom stereocenters. The van der Waals surface area contributed by atoms with Crippen LogP contribution in [0.4, 0.5) is 23.4 Å². The predicted molar refractivity (Wildman–Crippen MR) is 128 cm³/mol. The molecular weight excluding hydrogens is 504 g/mol. The minimum atomic E-state index is -4.22. The van der Waals surface area contributed by atoms with Gasteiger partial charge in [0.15, 0.2) is 11.5 Å². The summed E-state index contributed by atoms with van der Waals surface area (Å²) in [6.45, 7) is 6.04. The molecule has 188 valence electrons. The number of alkyl halides is 3. The smallest absolute Gasteiger partial charge is 0.391 e. The summed E-state index contributed by atoms with van der Waals surface area (Å²) < 4.78 is 55.3. The van der Waals surface area contributed by atoms with Crippen molar-refractivity contribution >= 4 is 34.9 Å². The van der Waals surface area contributed by atoms with E-state index in [2.05, 4.69) is 10.1 Å². The molecule has 1 N–H and O–H groups in total. The van der Waals surface area contributed by atoms with Crippen LogP contribution in [0.25, 0.3) is 16.3 Å². The Morgan fingerprint density at radius 3 is 2.51 bits per heavy atom. The molecule has 4 rings (SSSR count). The van der Waals surface area contributed by atoms with Crippen LogP contribution in [-0.4, -0.2) is 50.4 Å². The van der Waals surface area contributed by atoms with Gasteiger partial charge in [-0.25, -0.2) is 9.18 Å². The van der Waals surface area contributed by atoms with Crippen LogP contribution >= 0.6 is 23.1 Å². The van der Waals surface area contributed by atoms with E-state index in [0.717, 1.165) is 4.21 Å². The number of thioether (sulfide) groups is 1. The van der Waals surface area contributed by atoms with Gasteiger partial charge < -0.3 is 10.0 Å². The van der Waals surface area contributed by atoms with Crippen LogP contribution in [0.15, 0.2) is 28.5 Å². The average molecular weight is 529 g/mol. The first-order valence-corrected chi connectivity index (χ1v) is 12.7. The summed E-state index contributed by atoms with van der Waals surface area (Å²) in [5, 5.41) is 14.9. The van der Waals surface area contributed by atoms with E-state index in [0.29, 0.717) is 22.2 Å². The van der Waals surface area contributed by atoms with E-state index in [1.54, 1.807) is 13.0 Å². The number of anilines is 1. The molecule has 1 aliphatic heterocycles. The lowest BCUT2D eigenvalue weighted by Gasteiger charge is -2.33. The molecule has 0 saturated carbocycles. The zero-order valence-electron chi connectivity index (χ0n) is 19.3. The molecule has 0 bridgehead atoms. The maximum absolute atomic E-state index is 13.9. The number of aryl methyl sites for hydroxylation is 1. The van der Waals surface area contributed by atoms with E-state index >= 15 is 0 Å². The topological polar surface area (TPSA) is 71.2 Å². The number of nitrogens with zero attached hydrogens (tertiary/aromatic N) is 4. The van der Waals surface area contributed by atoms with E-state index in [4.69, 9.17) is 0 Å². The molecule has 0 unspecified atom stereocenters. The van der Waals surface area contributed by atoms with Crippen molar-refractivity contribution in [2.24, 2.45) is 5.92 Å². The molecule has 0 aliphatic carbocycles. The number of hydrogen-bond donors (Lipinski definition) is 1. The number of carboxylic acid groups (broad SMARTS) is 1. The third kappa shape index (κ3) is 5.32. The number of carbonyl (C=O) groups is 1. The molecule has 3 aromatic rings. The van der Waals surface area contributed by atoms with Crippen LogP contribution in [0.5, 0.6) is 0 Å². The standard InChI is InChI=1S/C23H24F4N4O2S2/c1-12(2)34-21-19(30-9-7-15(8-10-30)23(25,26)27)28-22(35-21)31-18(20(32)33)17(13(3)29-31)14-5-4-6-16(24)11-14/h4-6,11-12,15H,7-10H2,1-3H3,(H,32,33). The van der Waals surface area contributed by atoms with Crippen molar-refractivity contribution in [2.45, 2.75) is 49.2 Å². The van der Waals surface area contributed by atoms with Crippen molar-refractivity contribution in [3.63, 3.8) is 0 Å². The van der Waals surface area contributed by atoms with Crippen molar-refractivity contribution in [1.29, 1.82) is 0 Å². The van der Waals surface area contributed by atoms with Crippen LogP contribution < -0.4 is 4.90 Å². The molecule has 1 fully saturated rings. The van der Waals surface area contributed by atoms with Crippen molar-refractivity contribution in [3.8, 4) is 16.3 Å². The lowest BCUT2D eigenvalue weighted by atomic mass is 9.96. The Labute approximate surface area is 208 Å². The average Bonchev–Trinajstić information content (AvgIpc) is 3.33. The number of piperidine rings is 1. The van der Waals surface area contributed by atoms with E-state index in [-0.39, 0.29) is 42.4 Å². The van der Waals surface area contributed by atoms with Gasteiger partial charge in [0.2, 0.25) is 5.13 Å². The highest BCUT2D eigenvalue weighted by Crippen LogP contribution is 2.43. The molecular formula is C23H24F4N4O2S2. The number of halogens is 4. The van der Waals surface area contributed by atoms with Crippen LogP contribution in [0.2, 0.25) is 0 Å². The summed E-state index contributed by atoms with van der Waals surface area (Å²) in [4.78, 5) is 18.8. The molecule has 6 nitrogen and oxygen atoms in total. The summed E-state index contributed by atoms with van der Waals surface area (Å²) in [6, 6.07) is 5.63. The molecule has 35 heavy (non-hydrogen) atoms. The summed E-state index contributed by atoms with van der Waals surface area (Å²) in [7, 11) is 0. The Morgan fingerprint density at radius 1 is 1.26 bits per heavy atom. The Bertz CT molecular complexity index is 1230. The zero-order chi connectivity index (χ0) is 25.5. The second-order valence-corrected chi connectivity index (χ2v) is 11.4. The molecule has 0 amide bonds. The number of thiazole rings is 1. The van der Waals surface area contributed by atoms with Gasteiger partial charge in [-0.15, -0.1) is 11.8 Å². The van der Waals surface area contributed by atoms with E-state index in [1.165, 1.54) is 46.0 Å². The molecule has 0 spiro atoms. The molecule has 1 aromatic carbocycles. The van der Waals surface area contributed by atoms with Crippen LogP contribution in [-0.2, 0) is 0 Å². The predicted octanol–water partition coefficient (Wildman–Crippen LogP) is 6.42. The number of carboxylic acids is 1. The first-order chi connectivity index (χ1) is 16.5. The molecule has 2 aromatic heterocycles. The second-order valence-electron chi connectivity index (χ2n) is 8.61. The second kappa shape index (κ2) is 9.81. The Morgan fingerprint density at radius 2 is 1.94 bits per heavy atom. The van der Waals surface area contributed by atoms with Gasteiger partial charge >= 0.3 is 12.1 Å². The third-order valence-corrected chi connectivity index (χ3v) is 7.95. The molecule has 1 saturated heterocycles. The van der Waals surface area contributed by atoms with Crippen LogP contribution in [0.1, 0.15) is 42.9 Å². The molecule has 0 radical (unpaired) electrons. The van der Waals surface area contributed by atoms with Gasteiger partial charge in [-0.05, 0) is 37.5 Å². The Balaban J connectivity index is 1.76. The van der Waals surface area contributed by atoms with Crippen LogP contribution in [0.3, 0.4) is 0 Å². The van der Waals surface area contributed by atoms with Gasteiger partial charge in [0.05, 0.1) is 11.6 Å². The summed E-state index contributed by atoms with van der Waals surface area (Å²) >= 11 is 2.76. The first-order valence-electron chi connectivity index (χ1n) is 11.0. The SMILES string of the molecule is Cc1nn(-c2nc(N3CCC(C(F)(F)F)CC3)c(SC(C)C)s2)c(C(=O)O)c1-c1cccc(F)c1. The van der Waals surface area contributed by atoms with Gasteiger partial charge in [0.25, 0.3) is 0 Å². The molecule has 12 heteroatoms. The zero-order valence-corrected chi connectivity index (χ0v) is 20.9. The van der Waals surface area contributed by atoms with Gasteiger partial charge in [-0.3, -0.25) is 0 Å². The number of aromatic carboxylic acids is 1. The summed E-state index contributed by atoms with van der Waals surface area (Å²) in [5.74, 6) is -2.54. The fourth-order valence-electron chi connectivity index (χ4n) is 4.14. The molecule has 1 aliphatic rings. The van der Waals surface area contributed by atoms with Gasteiger partial charge in [0.1, 0.15) is 10.0 Å². The minimum absolute atomic E-state index is 0.0207. The fourth-order valence-corrected chi connectivity index (χ4v) is 6.62. The van der Waals surface area contributed by atoms with E-state index < -0.39 is 23.9 Å². The first kappa shape index (κ1) is 25.5. The van der Waals surface area contributed by atoms with Crippen molar-refractivity contribution < 1.29 is 27.5 Å². The summed E-state index contributed by atoms with van der Waals surface area (Å²) in [6.07, 6.45) is -4.26. The van der Waals surface area contributed by atoms with E-state index in [1.807, 2.05) is 18.7 Å². The summed E-state index contributed by atoms with van der Waals surface area (Å²) in [5.41, 5.74) is 0.922. The van der Waals surface area contributed by atoms with Gasteiger partial charge in [-0.2, -0.15) is 27.9 Å². The van der Waals surface area contributed by atoms with E-state index in [9.17, 15) is 27.5 Å². The lowest BCUT2D eigenvalue weighted by molar-refractivity contribution is -0.179. The third-order valence-electron chi connectivity index (χ3n) is 5.73. The lowest BCUT2D eigenvalue weighted by Crippen LogP contribution is -2.39. The van der Waals surface area contributed by atoms with Crippen molar-refractivity contribution in [3.05, 3.63) is 41.5 Å². The van der Waals surface area contributed by atoms with Crippen molar-refractivity contribution in [1.82, 2.24) is 14.8 Å². The number of hydrogen-bond acceptors (Lipinski definition) is 6. The highest BCUT2D eigenvalue weighted by molar-refractivity contribution is 8.01. The highest BCUT2D eigenvalue weighted by atomic mass is 32.2. The monoisotopic (exact) mass is 528 g/mol. The Hall–Kier alpha value is -2.60. The largest absolute Gasteiger partial charge is 0.476 e.